The quantitative estimate of drug-likeness (QED) is 0.925. The Morgan fingerprint density at radius 3 is 2.50 bits per heavy atom. The standard InChI is InChI=1S/C14H17NO2S/c1-8-6-12(17-4)9(2)5-11(8)13(16)14-15-10(3)7-18-14/h5-7,13,16H,1-4H3. The van der Waals surface area contributed by atoms with Crippen LogP contribution in [0.4, 0.5) is 0 Å². The first-order valence-corrected chi connectivity index (χ1v) is 6.66. The first-order valence-electron chi connectivity index (χ1n) is 5.78. The van der Waals surface area contributed by atoms with Crippen LogP contribution in [-0.2, 0) is 0 Å². The number of thiazole rings is 1. The van der Waals surface area contributed by atoms with Gasteiger partial charge in [0.15, 0.2) is 0 Å². The monoisotopic (exact) mass is 263 g/mol. The van der Waals surface area contributed by atoms with Crippen LogP contribution < -0.4 is 4.74 Å². The number of rotatable bonds is 3. The molecule has 1 heterocycles. The summed E-state index contributed by atoms with van der Waals surface area (Å²) in [6.07, 6.45) is -0.659. The summed E-state index contributed by atoms with van der Waals surface area (Å²) in [6, 6.07) is 3.92. The Morgan fingerprint density at radius 2 is 1.94 bits per heavy atom. The van der Waals surface area contributed by atoms with Gasteiger partial charge < -0.3 is 9.84 Å². The molecule has 3 nitrogen and oxygen atoms in total. The predicted molar refractivity (Wildman–Crippen MR) is 73.4 cm³/mol. The molecular formula is C14H17NO2S. The van der Waals surface area contributed by atoms with Crippen LogP contribution in [0.15, 0.2) is 17.5 Å². The van der Waals surface area contributed by atoms with Crippen LogP contribution in [0.5, 0.6) is 5.75 Å². The highest BCUT2D eigenvalue weighted by atomic mass is 32.1. The molecule has 4 heteroatoms. The van der Waals surface area contributed by atoms with Crippen molar-refractivity contribution in [2.24, 2.45) is 0 Å². The zero-order chi connectivity index (χ0) is 13.3. The fourth-order valence-electron chi connectivity index (χ4n) is 1.96. The molecule has 1 unspecified atom stereocenters. The summed E-state index contributed by atoms with van der Waals surface area (Å²) in [5, 5.41) is 13.1. The lowest BCUT2D eigenvalue weighted by molar-refractivity contribution is 0.218. The molecule has 0 radical (unpaired) electrons. The molecule has 18 heavy (non-hydrogen) atoms. The lowest BCUT2D eigenvalue weighted by Gasteiger charge is -2.14. The van der Waals surface area contributed by atoms with E-state index >= 15 is 0 Å². The Morgan fingerprint density at radius 1 is 1.22 bits per heavy atom. The van der Waals surface area contributed by atoms with Crippen molar-refractivity contribution in [2.45, 2.75) is 26.9 Å². The van der Waals surface area contributed by atoms with Crippen LogP contribution in [0.3, 0.4) is 0 Å². The second-order valence-electron chi connectivity index (χ2n) is 4.41. The zero-order valence-electron chi connectivity index (χ0n) is 11.0. The fourth-order valence-corrected chi connectivity index (χ4v) is 2.75. The molecule has 0 saturated carbocycles. The topological polar surface area (TPSA) is 42.4 Å². The van der Waals surface area contributed by atoms with E-state index in [4.69, 9.17) is 4.74 Å². The van der Waals surface area contributed by atoms with Crippen molar-refractivity contribution in [1.29, 1.82) is 0 Å². The van der Waals surface area contributed by atoms with Gasteiger partial charge in [-0.25, -0.2) is 4.98 Å². The molecule has 0 aliphatic heterocycles. The van der Waals surface area contributed by atoms with Crippen molar-refractivity contribution in [2.75, 3.05) is 7.11 Å². The minimum Gasteiger partial charge on any atom is -0.496 e. The molecule has 1 aromatic heterocycles. The van der Waals surface area contributed by atoms with E-state index in [1.807, 2.05) is 38.3 Å². The Labute approximate surface area is 111 Å². The number of methoxy groups -OCH3 is 1. The van der Waals surface area contributed by atoms with E-state index < -0.39 is 6.10 Å². The second-order valence-corrected chi connectivity index (χ2v) is 5.30. The predicted octanol–water partition coefficient (Wildman–Crippen LogP) is 3.16. The van der Waals surface area contributed by atoms with Gasteiger partial charge in [0.05, 0.1) is 7.11 Å². The third-order valence-electron chi connectivity index (χ3n) is 2.95. The fraction of sp³-hybridized carbons (Fsp3) is 0.357. The highest BCUT2D eigenvalue weighted by molar-refractivity contribution is 7.09. The highest BCUT2D eigenvalue weighted by Crippen LogP contribution is 2.31. The number of hydrogen-bond donors (Lipinski definition) is 1. The Balaban J connectivity index is 2.42. The molecule has 96 valence electrons. The number of aliphatic hydroxyl groups is 1. The van der Waals surface area contributed by atoms with Crippen molar-refractivity contribution in [3.63, 3.8) is 0 Å². The van der Waals surface area contributed by atoms with Crippen molar-refractivity contribution < 1.29 is 9.84 Å². The molecule has 0 aliphatic rings. The largest absolute Gasteiger partial charge is 0.496 e. The van der Waals surface area contributed by atoms with Crippen LogP contribution in [0, 0.1) is 20.8 Å². The average molecular weight is 263 g/mol. The van der Waals surface area contributed by atoms with E-state index in [0.29, 0.717) is 0 Å². The summed E-state index contributed by atoms with van der Waals surface area (Å²) >= 11 is 1.48. The van der Waals surface area contributed by atoms with Gasteiger partial charge in [0.25, 0.3) is 0 Å². The van der Waals surface area contributed by atoms with E-state index in [1.165, 1.54) is 11.3 Å². The van der Waals surface area contributed by atoms with E-state index in [9.17, 15) is 5.11 Å². The molecule has 2 aromatic rings. The molecule has 0 aliphatic carbocycles. The van der Waals surface area contributed by atoms with E-state index in [1.54, 1.807) is 7.11 Å². The average Bonchev–Trinajstić information content (AvgIpc) is 2.77. The van der Waals surface area contributed by atoms with Gasteiger partial charge in [-0.1, -0.05) is 0 Å². The molecule has 2 rings (SSSR count). The first kappa shape index (κ1) is 13.1. The van der Waals surface area contributed by atoms with Gasteiger partial charge in [-0.3, -0.25) is 0 Å². The number of nitrogens with zero attached hydrogens (tertiary/aromatic N) is 1. The zero-order valence-corrected chi connectivity index (χ0v) is 11.8. The molecule has 0 saturated heterocycles. The van der Waals surface area contributed by atoms with Gasteiger partial charge in [-0.05, 0) is 49.6 Å². The van der Waals surface area contributed by atoms with Crippen LogP contribution in [-0.4, -0.2) is 17.2 Å². The first-order chi connectivity index (χ1) is 8.52. The minimum atomic E-state index is -0.659. The van der Waals surface area contributed by atoms with Crippen molar-refractivity contribution in [3.05, 3.63) is 44.9 Å². The van der Waals surface area contributed by atoms with Crippen molar-refractivity contribution >= 4 is 11.3 Å². The van der Waals surface area contributed by atoms with Crippen molar-refractivity contribution in [3.8, 4) is 5.75 Å². The summed E-state index contributed by atoms with van der Waals surface area (Å²) in [4.78, 5) is 4.34. The maximum atomic E-state index is 10.4. The molecule has 0 fully saturated rings. The molecular weight excluding hydrogens is 246 g/mol. The Bertz CT molecular complexity index is 563. The number of benzene rings is 1. The molecule has 0 spiro atoms. The van der Waals surface area contributed by atoms with Gasteiger partial charge in [0.1, 0.15) is 16.9 Å². The van der Waals surface area contributed by atoms with E-state index in [2.05, 4.69) is 4.98 Å². The van der Waals surface area contributed by atoms with Crippen LogP contribution in [0.25, 0.3) is 0 Å². The Hall–Kier alpha value is -1.39. The minimum absolute atomic E-state index is 0.659. The van der Waals surface area contributed by atoms with Gasteiger partial charge in [-0.15, -0.1) is 11.3 Å². The highest BCUT2D eigenvalue weighted by Gasteiger charge is 2.17. The summed E-state index contributed by atoms with van der Waals surface area (Å²) in [7, 11) is 1.65. The third kappa shape index (κ3) is 2.40. The van der Waals surface area contributed by atoms with Crippen LogP contribution >= 0.6 is 11.3 Å². The molecule has 1 atom stereocenters. The summed E-state index contributed by atoms with van der Waals surface area (Å²) in [5.41, 5.74) is 3.86. The Kier molecular flexibility index (Phi) is 3.68. The van der Waals surface area contributed by atoms with Gasteiger partial charge in [-0.2, -0.15) is 0 Å². The third-order valence-corrected chi connectivity index (χ3v) is 3.96. The van der Waals surface area contributed by atoms with E-state index in [-0.39, 0.29) is 0 Å². The summed E-state index contributed by atoms with van der Waals surface area (Å²) in [6.45, 7) is 5.88. The molecule has 0 amide bonds. The van der Waals surface area contributed by atoms with E-state index in [0.717, 1.165) is 33.1 Å². The maximum absolute atomic E-state index is 10.4. The van der Waals surface area contributed by atoms with Crippen molar-refractivity contribution in [1.82, 2.24) is 4.98 Å². The van der Waals surface area contributed by atoms with Crippen LogP contribution in [0.2, 0.25) is 0 Å². The molecule has 1 N–H and O–H groups in total. The summed E-state index contributed by atoms with van der Waals surface area (Å²) < 4.78 is 5.28. The number of aromatic nitrogens is 1. The smallest absolute Gasteiger partial charge is 0.131 e. The number of aliphatic hydroxyl groups excluding tert-OH is 1. The maximum Gasteiger partial charge on any atom is 0.131 e. The lowest BCUT2D eigenvalue weighted by atomic mass is 10.0. The molecule has 0 bridgehead atoms. The van der Waals surface area contributed by atoms with Gasteiger partial charge in [0, 0.05) is 11.1 Å². The van der Waals surface area contributed by atoms with Gasteiger partial charge >= 0.3 is 0 Å². The van der Waals surface area contributed by atoms with Gasteiger partial charge in [0.2, 0.25) is 0 Å². The normalized spacial score (nSPS) is 12.5. The number of hydrogen-bond acceptors (Lipinski definition) is 4. The number of aryl methyl sites for hydroxylation is 3. The van der Waals surface area contributed by atoms with Crippen LogP contribution in [0.1, 0.15) is 33.5 Å². The lowest BCUT2D eigenvalue weighted by Crippen LogP contribution is -2.03. The molecule has 1 aromatic carbocycles. The second kappa shape index (κ2) is 5.08. The summed E-state index contributed by atoms with van der Waals surface area (Å²) in [5.74, 6) is 0.846. The number of ether oxygens (including phenoxy) is 1. The SMILES string of the molecule is COc1cc(C)c(C(O)c2nc(C)cs2)cc1C.